The van der Waals surface area contributed by atoms with Gasteiger partial charge >= 0.3 is 5.69 Å². The van der Waals surface area contributed by atoms with E-state index in [0.29, 0.717) is 5.56 Å². The van der Waals surface area contributed by atoms with E-state index in [0.717, 1.165) is 12.8 Å². The lowest BCUT2D eigenvalue weighted by Gasteiger charge is -2.18. The van der Waals surface area contributed by atoms with E-state index >= 15 is 0 Å². The van der Waals surface area contributed by atoms with Crippen LogP contribution >= 0.6 is 12.4 Å². The molecular formula is C12H17ClN2O4. The number of aliphatic hydroxyl groups excluding tert-OH is 1. The average molecular weight is 289 g/mol. The third-order valence-corrected chi connectivity index (χ3v) is 3.26. The van der Waals surface area contributed by atoms with E-state index in [4.69, 9.17) is 10.5 Å². The van der Waals surface area contributed by atoms with Crippen molar-refractivity contribution in [1.82, 2.24) is 0 Å². The van der Waals surface area contributed by atoms with Crippen LogP contribution in [0.2, 0.25) is 0 Å². The molecule has 1 aromatic rings. The standard InChI is InChI=1S/C12H16N2O4.ClH/c1-18-10-5-4-8(6-9(10)14(16)17)11(13)12(15)7-2-3-7;/h4-7,11-12,15H,2-3,13H2,1H3;1H/t11-,12+;/m1./s1. The first-order valence-electron chi connectivity index (χ1n) is 5.80. The predicted octanol–water partition coefficient (Wildman–Crippen LogP) is 1.80. The fraction of sp³-hybridized carbons (Fsp3) is 0.500. The molecule has 0 unspecified atom stereocenters. The summed E-state index contributed by atoms with van der Waals surface area (Å²) >= 11 is 0. The van der Waals surface area contributed by atoms with Crippen molar-refractivity contribution in [1.29, 1.82) is 0 Å². The van der Waals surface area contributed by atoms with E-state index in [1.54, 1.807) is 6.07 Å². The first-order chi connectivity index (χ1) is 8.54. The van der Waals surface area contributed by atoms with Crippen LogP contribution in [0.15, 0.2) is 18.2 Å². The van der Waals surface area contributed by atoms with Gasteiger partial charge in [-0.2, -0.15) is 0 Å². The second kappa shape index (κ2) is 6.18. The highest BCUT2D eigenvalue weighted by Crippen LogP contribution is 2.38. The first kappa shape index (κ1) is 15.7. The second-order valence-corrected chi connectivity index (χ2v) is 4.54. The zero-order valence-corrected chi connectivity index (χ0v) is 11.3. The van der Waals surface area contributed by atoms with Crippen molar-refractivity contribution in [3.63, 3.8) is 0 Å². The number of nitrogens with two attached hydrogens (primary N) is 1. The molecule has 0 aliphatic heterocycles. The number of hydrogen-bond donors (Lipinski definition) is 2. The monoisotopic (exact) mass is 288 g/mol. The van der Waals surface area contributed by atoms with Crippen LogP contribution in [0.25, 0.3) is 0 Å². The minimum Gasteiger partial charge on any atom is -0.490 e. The second-order valence-electron chi connectivity index (χ2n) is 4.54. The molecule has 0 radical (unpaired) electrons. The summed E-state index contributed by atoms with van der Waals surface area (Å²) in [6.07, 6.45) is 1.29. The van der Waals surface area contributed by atoms with Crippen molar-refractivity contribution in [2.45, 2.75) is 25.0 Å². The summed E-state index contributed by atoms with van der Waals surface area (Å²) in [7, 11) is 1.38. The lowest BCUT2D eigenvalue weighted by Crippen LogP contribution is -2.27. The smallest absolute Gasteiger partial charge is 0.311 e. The van der Waals surface area contributed by atoms with Gasteiger partial charge in [0.2, 0.25) is 0 Å². The summed E-state index contributed by atoms with van der Waals surface area (Å²) in [5, 5.41) is 20.8. The van der Waals surface area contributed by atoms with Gasteiger partial charge in [0.15, 0.2) is 5.75 Å². The number of benzene rings is 1. The van der Waals surface area contributed by atoms with Crippen molar-refractivity contribution < 1.29 is 14.8 Å². The maximum atomic E-state index is 10.9. The molecule has 1 saturated carbocycles. The molecule has 2 rings (SSSR count). The molecule has 6 nitrogen and oxygen atoms in total. The molecule has 19 heavy (non-hydrogen) atoms. The molecule has 0 saturated heterocycles. The fourth-order valence-electron chi connectivity index (χ4n) is 1.99. The third-order valence-electron chi connectivity index (χ3n) is 3.26. The Kier molecular flexibility index (Phi) is 5.11. The van der Waals surface area contributed by atoms with Gasteiger partial charge in [-0.15, -0.1) is 12.4 Å². The normalized spacial score (nSPS) is 17.2. The highest BCUT2D eigenvalue weighted by Gasteiger charge is 2.34. The Morgan fingerprint density at radius 3 is 2.63 bits per heavy atom. The van der Waals surface area contributed by atoms with E-state index in [9.17, 15) is 15.2 Å². The van der Waals surface area contributed by atoms with Gasteiger partial charge in [0.1, 0.15) is 0 Å². The van der Waals surface area contributed by atoms with Crippen LogP contribution in [0.1, 0.15) is 24.4 Å². The SMILES string of the molecule is COc1ccc([C@@H](N)[C@@H](O)C2CC2)cc1[N+](=O)[O-].Cl. The molecule has 1 aliphatic carbocycles. The van der Waals surface area contributed by atoms with Crippen molar-refractivity contribution in [3.8, 4) is 5.75 Å². The lowest BCUT2D eigenvalue weighted by atomic mass is 9.98. The van der Waals surface area contributed by atoms with Crippen LogP contribution < -0.4 is 10.5 Å². The highest BCUT2D eigenvalue weighted by atomic mass is 35.5. The van der Waals surface area contributed by atoms with Crippen LogP contribution in [0.4, 0.5) is 5.69 Å². The van der Waals surface area contributed by atoms with Crippen molar-refractivity contribution >= 4 is 18.1 Å². The summed E-state index contributed by atoms with van der Waals surface area (Å²) in [4.78, 5) is 10.4. The van der Waals surface area contributed by atoms with Gasteiger partial charge in [0.05, 0.1) is 24.2 Å². The van der Waals surface area contributed by atoms with Crippen LogP contribution in [-0.2, 0) is 0 Å². The largest absolute Gasteiger partial charge is 0.490 e. The van der Waals surface area contributed by atoms with Gasteiger partial charge in [-0.05, 0) is 30.4 Å². The zero-order chi connectivity index (χ0) is 13.3. The molecule has 1 fully saturated rings. The van der Waals surface area contributed by atoms with Gasteiger partial charge in [-0.25, -0.2) is 0 Å². The molecule has 0 amide bonds. The fourth-order valence-corrected chi connectivity index (χ4v) is 1.99. The Labute approximate surface area is 117 Å². The predicted molar refractivity (Wildman–Crippen MR) is 72.6 cm³/mol. The van der Waals surface area contributed by atoms with E-state index in [-0.39, 0.29) is 29.8 Å². The number of nitro groups is 1. The number of aliphatic hydroxyl groups is 1. The minimum atomic E-state index is -0.641. The summed E-state index contributed by atoms with van der Waals surface area (Å²) in [5.41, 5.74) is 6.35. The Morgan fingerprint density at radius 2 is 2.16 bits per heavy atom. The zero-order valence-electron chi connectivity index (χ0n) is 10.5. The quantitative estimate of drug-likeness (QED) is 0.636. The Bertz CT molecular complexity index is 465. The van der Waals surface area contributed by atoms with E-state index in [2.05, 4.69) is 0 Å². The molecule has 106 valence electrons. The average Bonchev–Trinajstić information content (AvgIpc) is 3.20. The summed E-state index contributed by atoms with van der Waals surface area (Å²) in [6.45, 7) is 0. The molecule has 0 aromatic heterocycles. The van der Waals surface area contributed by atoms with Gasteiger partial charge in [-0.1, -0.05) is 6.07 Å². The number of nitrogens with zero attached hydrogens (tertiary/aromatic N) is 1. The number of ether oxygens (including phenoxy) is 1. The number of rotatable bonds is 5. The number of halogens is 1. The van der Waals surface area contributed by atoms with Crippen LogP contribution in [-0.4, -0.2) is 23.2 Å². The van der Waals surface area contributed by atoms with E-state index in [1.807, 2.05) is 0 Å². The molecule has 3 N–H and O–H groups in total. The molecule has 7 heteroatoms. The van der Waals surface area contributed by atoms with Gasteiger partial charge < -0.3 is 15.6 Å². The van der Waals surface area contributed by atoms with Gasteiger partial charge in [-0.3, -0.25) is 10.1 Å². The summed E-state index contributed by atoms with van der Waals surface area (Å²) in [6, 6.07) is 3.94. The van der Waals surface area contributed by atoms with Crippen molar-refractivity contribution in [3.05, 3.63) is 33.9 Å². The summed E-state index contributed by atoms with van der Waals surface area (Å²) in [5.74, 6) is 0.415. The maximum absolute atomic E-state index is 10.9. The molecule has 1 aliphatic rings. The van der Waals surface area contributed by atoms with E-state index < -0.39 is 17.1 Å². The summed E-state index contributed by atoms with van der Waals surface area (Å²) < 4.78 is 4.92. The topological polar surface area (TPSA) is 98.6 Å². The number of methoxy groups -OCH3 is 1. The molecule has 2 atom stereocenters. The minimum absolute atomic E-state index is 0. The molecule has 0 heterocycles. The molecule has 0 bridgehead atoms. The highest BCUT2D eigenvalue weighted by molar-refractivity contribution is 5.85. The van der Waals surface area contributed by atoms with Crippen LogP contribution in [0.3, 0.4) is 0 Å². The van der Waals surface area contributed by atoms with Gasteiger partial charge in [0.25, 0.3) is 0 Å². The van der Waals surface area contributed by atoms with Crippen molar-refractivity contribution in [2.24, 2.45) is 11.7 Å². The molecule has 1 aromatic carbocycles. The van der Waals surface area contributed by atoms with E-state index in [1.165, 1.54) is 19.2 Å². The van der Waals surface area contributed by atoms with Crippen molar-refractivity contribution in [2.75, 3.05) is 7.11 Å². The third kappa shape index (κ3) is 3.34. The Morgan fingerprint density at radius 1 is 1.53 bits per heavy atom. The maximum Gasteiger partial charge on any atom is 0.311 e. The van der Waals surface area contributed by atoms with Crippen LogP contribution in [0, 0.1) is 16.0 Å². The molecular weight excluding hydrogens is 272 g/mol. The Hall–Kier alpha value is -1.37. The number of hydrogen-bond acceptors (Lipinski definition) is 5. The van der Waals surface area contributed by atoms with Gasteiger partial charge in [0, 0.05) is 6.07 Å². The lowest BCUT2D eigenvalue weighted by molar-refractivity contribution is -0.385. The van der Waals surface area contributed by atoms with Crippen LogP contribution in [0.5, 0.6) is 5.75 Å². The first-order valence-corrected chi connectivity index (χ1v) is 5.80. The Balaban J connectivity index is 0.00000180. The number of nitro benzene ring substituents is 1. The molecule has 0 spiro atoms.